The van der Waals surface area contributed by atoms with Gasteiger partial charge in [0.15, 0.2) is 0 Å². The molecule has 0 saturated carbocycles. The van der Waals surface area contributed by atoms with Gasteiger partial charge in [0.2, 0.25) is 0 Å². The molecule has 4 nitrogen and oxygen atoms in total. The van der Waals surface area contributed by atoms with Crippen molar-refractivity contribution in [3.8, 4) is 0 Å². The van der Waals surface area contributed by atoms with Crippen LogP contribution in [0.3, 0.4) is 0 Å². The van der Waals surface area contributed by atoms with E-state index in [2.05, 4.69) is 24.1 Å². The van der Waals surface area contributed by atoms with Gasteiger partial charge in [-0.25, -0.2) is 0 Å². The Balaban J connectivity index is 1.90. The lowest BCUT2D eigenvalue weighted by Gasteiger charge is -2.40. The summed E-state index contributed by atoms with van der Waals surface area (Å²) in [7, 11) is 0. The summed E-state index contributed by atoms with van der Waals surface area (Å²) in [5.74, 6) is -0.0667. The Morgan fingerprint density at radius 1 is 1.30 bits per heavy atom. The van der Waals surface area contributed by atoms with Gasteiger partial charge in [-0.1, -0.05) is 11.6 Å². The number of ether oxygens (including phenoxy) is 1. The molecule has 0 bridgehead atoms. The monoisotopic (exact) mass is 296 g/mol. The summed E-state index contributed by atoms with van der Waals surface area (Å²) in [5.41, 5.74) is 0.554. The van der Waals surface area contributed by atoms with E-state index >= 15 is 0 Å². The standard InChI is InChI=1S/C15H21ClN2O2/c1-15(2,18-7-9-20-10-8-18)11-17-14(19)12-3-5-13(16)6-4-12/h3-6H,7-11H2,1-2H3,(H,17,19). The van der Waals surface area contributed by atoms with Gasteiger partial charge in [-0.15, -0.1) is 0 Å². The Bertz CT molecular complexity index is 453. The average Bonchev–Trinajstić information content (AvgIpc) is 2.46. The van der Waals surface area contributed by atoms with Gasteiger partial charge >= 0.3 is 0 Å². The molecule has 1 saturated heterocycles. The van der Waals surface area contributed by atoms with Crippen LogP contribution in [0.2, 0.25) is 5.02 Å². The van der Waals surface area contributed by atoms with Crippen molar-refractivity contribution >= 4 is 17.5 Å². The highest BCUT2D eigenvalue weighted by molar-refractivity contribution is 6.30. The van der Waals surface area contributed by atoms with E-state index in [0.717, 1.165) is 26.3 Å². The minimum Gasteiger partial charge on any atom is -0.379 e. The minimum atomic E-state index is -0.0775. The van der Waals surface area contributed by atoms with Crippen molar-refractivity contribution < 1.29 is 9.53 Å². The first-order valence-electron chi connectivity index (χ1n) is 6.85. The number of carbonyl (C=O) groups is 1. The molecule has 20 heavy (non-hydrogen) atoms. The van der Waals surface area contributed by atoms with Crippen LogP contribution in [0, 0.1) is 0 Å². The number of nitrogens with zero attached hydrogens (tertiary/aromatic N) is 1. The van der Waals surface area contributed by atoms with Gasteiger partial charge in [0.1, 0.15) is 0 Å². The van der Waals surface area contributed by atoms with Crippen LogP contribution in [0.4, 0.5) is 0 Å². The second-order valence-corrected chi connectivity index (χ2v) is 6.04. The van der Waals surface area contributed by atoms with Gasteiger partial charge in [0.25, 0.3) is 5.91 Å². The van der Waals surface area contributed by atoms with Gasteiger partial charge in [-0.3, -0.25) is 9.69 Å². The molecule has 0 unspecified atom stereocenters. The number of amides is 1. The summed E-state index contributed by atoms with van der Waals surface area (Å²) in [6.45, 7) is 8.21. The maximum absolute atomic E-state index is 12.1. The van der Waals surface area contributed by atoms with E-state index in [4.69, 9.17) is 16.3 Å². The van der Waals surface area contributed by atoms with Crippen molar-refractivity contribution in [1.29, 1.82) is 0 Å². The Labute approximate surface area is 125 Å². The fraction of sp³-hybridized carbons (Fsp3) is 0.533. The molecule has 1 aliphatic rings. The Kier molecular flexibility index (Phi) is 5.02. The Morgan fingerprint density at radius 3 is 2.50 bits per heavy atom. The predicted molar refractivity (Wildman–Crippen MR) is 80.3 cm³/mol. The zero-order valence-corrected chi connectivity index (χ0v) is 12.7. The van der Waals surface area contributed by atoms with Crippen molar-refractivity contribution in [2.75, 3.05) is 32.8 Å². The minimum absolute atomic E-state index is 0.0667. The van der Waals surface area contributed by atoms with Crippen LogP contribution in [0.25, 0.3) is 0 Å². The maximum Gasteiger partial charge on any atom is 0.251 e. The van der Waals surface area contributed by atoms with Crippen molar-refractivity contribution in [1.82, 2.24) is 10.2 Å². The smallest absolute Gasteiger partial charge is 0.251 e. The van der Waals surface area contributed by atoms with Crippen molar-refractivity contribution in [2.24, 2.45) is 0 Å². The molecule has 110 valence electrons. The molecule has 0 aromatic heterocycles. The third kappa shape index (κ3) is 3.95. The normalized spacial score (nSPS) is 16.9. The third-order valence-electron chi connectivity index (χ3n) is 3.66. The molecular weight excluding hydrogens is 276 g/mol. The molecular formula is C15H21ClN2O2. The Hall–Kier alpha value is -1.10. The van der Waals surface area contributed by atoms with Gasteiger partial charge in [-0.2, -0.15) is 0 Å². The number of benzene rings is 1. The molecule has 1 fully saturated rings. The number of halogens is 1. The molecule has 0 radical (unpaired) electrons. The van der Waals surface area contributed by atoms with Crippen molar-refractivity contribution in [3.05, 3.63) is 34.9 Å². The summed E-state index contributed by atoms with van der Waals surface area (Å²) in [6.07, 6.45) is 0. The van der Waals surface area contributed by atoms with Crippen LogP contribution in [-0.2, 0) is 4.74 Å². The highest BCUT2D eigenvalue weighted by Gasteiger charge is 2.28. The number of rotatable bonds is 4. The fourth-order valence-electron chi connectivity index (χ4n) is 2.28. The van der Waals surface area contributed by atoms with E-state index in [9.17, 15) is 4.79 Å². The lowest BCUT2D eigenvalue weighted by atomic mass is 10.0. The quantitative estimate of drug-likeness (QED) is 0.926. The van der Waals surface area contributed by atoms with E-state index in [1.54, 1.807) is 24.3 Å². The van der Waals surface area contributed by atoms with Gasteiger partial charge < -0.3 is 10.1 Å². The van der Waals surface area contributed by atoms with E-state index in [1.165, 1.54) is 0 Å². The molecule has 1 aromatic rings. The number of nitrogens with one attached hydrogen (secondary N) is 1. The molecule has 1 aromatic carbocycles. The molecule has 0 spiro atoms. The lowest BCUT2D eigenvalue weighted by molar-refractivity contribution is -0.00923. The number of hydrogen-bond donors (Lipinski definition) is 1. The van der Waals surface area contributed by atoms with Gasteiger partial charge in [-0.05, 0) is 38.1 Å². The maximum atomic E-state index is 12.1. The molecule has 5 heteroatoms. The average molecular weight is 297 g/mol. The molecule has 1 aliphatic heterocycles. The van der Waals surface area contributed by atoms with Crippen LogP contribution in [0.15, 0.2) is 24.3 Å². The van der Waals surface area contributed by atoms with E-state index in [1.807, 2.05) is 0 Å². The first kappa shape index (κ1) is 15.3. The second-order valence-electron chi connectivity index (χ2n) is 5.60. The van der Waals surface area contributed by atoms with Crippen LogP contribution in [0.5, 0.6) is 0 Å². The third-order valence-corrected chi connectivity index (χ3v) is 3.91. The first-order chi connectivity index (χ1) is 9.49. The van der Waals surface area contributed by atoms with Crippen LogP contribution in [0.1, 0.15) is 24.2 Å². The van der Waals surface area contributed by atoms with Crippen LogP contribution < -0.4 is 5.32 Å². The molecule has 0 aliphatic carbocycles. The van der Waals surface area contributed by atoms with Crippen molar-refractivity contribution in [3.63, 3.8) is 0 Å². The topological polar surface area (TPSA) is 41.6 Å². The molecule has 0 atom stereocenters. The predicted octanol–water partition coefficient (Wildman–Crippen LogP) is 2.18. The zero-order chi connectivity index (χ0) is 14.6. The number of carbonyl (C=O) groups excluding carboxylic acids is 1. The molecule has 2 rings (SSSR count). The summed E-state index contributed by atoms with van der Waals surface area (Å²) in [4.78, 5) is 14.4. The fourth-order valence-corrected chi connectivity index (χ4v) is 2.41. The van der Waals surface area contributed by atoms with Gasteiger partial charge in [0.05, 0.1) is 13.2 Å². The van der Waals surface area contributed by atoms with Crippen molar-refractivity contribution in [2.45, 2.75) is 19.4 Å². The largest absolute Gasteiger partial charge is 0.379 e. The van der Waals surface area contributed by atoms with Gasteiger partial charge in [0, 0.05) is 35.8 Å². The summed E-state index contributed by atoms with van der Waals surface area (Å²) in [5, 5.41) is 3.63. The SMILES string of the molecule is CC(C)(CNC(=O)c1ccc(Cl)cc1)N1CCOCC1. The molecule has 1 N–H and O–H groups in total. The number of morpholine rings is 1. The van der Waals surface area contributed by atoms with E-state index < -0.39 is 0 Å². The molecule has 1 heterocycles. The zero-order valence-electron chi connectivity index (χ0n) is 12.0. The lowest BCUT2D eigenvalue weighted by Crippen LogP contribution is -2.55. The van der Waals surface area contributed by atoms with E-state index in [-0.39, 0.29) is 11.4 Å². The Morgan fingerprint density at radius 2 is 1.90 bits per heavy atom. The van der Waals surface area contributed by atoms with E-state index in [0.29, 0.717) is 17.1 Å². The van der Waals surface area contributed by atoms with Crippen LogP contribution >= 0.6 is 11.6 Å². The first-order valence-corrected chi connectivity index (χ1v) is 7.23. The molecule has 1 amide bonds. The number of hydrogen-bond acceptors (Lipinski definition) is 3. The summed E-state index contributed by atoms with van der Waals surface area (Å²) in [6, 6.07) is 6.92. The highest BCUT2D eigenvalue weighted by Crippen LogP contribution is 2.15. The summed E-state index contributed by atoms with van der Waals surface area (Å²) >= 11 is 5.82. The van der Waals surface area contributed by atoms with Crippen LogP contribution in [-0.4, -0.2) is 49.2 Å². The second kappa shape index (κ2) is 6.57. The summed E-state index contributed by atoms with van der Waals surface area (Å²) < 4.78 is 5.36. The highest BCUT2D eigenvalue weighted by atomic mass is 35.5.